The van der Waals surface area contributed by atoms with Crippen LogP contribution in [0.15, 0.2) is 0 Å². The SMILES string of the molecule is COC(OC)C1(C(=O)O)CCCCC1. The zero-order valence-electron chi connectivity index (χ0n) is 8.78. The van der Waals surface area contributed by atoms with E-state index in [4.69, 9.17) is 9.47 Å². The lowest BCUT2D eigenvalue weighted by molar-refractivity contribution is -0.206. The van der Waals surface area contributed by atoms with E-state index in [9.17, 15) is 9.90 Å². The molecule has 0 aromatic carbocycles. The molecule has 0 saturated heterocycles. The van der Waals surface area contributed by atoms with Crippen molar-refractivity contribution in [2.75, 3.05) is 14.2 Å². The van der Waals surface area contributed by atoms with Gasteiger partial charge in [0.2, 0.25) is 0 Å². The minimum absolute atomic E-state index is 0.625. The van der Waals surface area contributed by atoms with Crippen molar-refractivity contribution in [3.05, 3.63) is 0 Å². The van der Waals surface area contributed by atoms with E-state index >= 15 is 0 Å². The topological polar surface area (TPSA) is 55.8 Å². The van der Waals surface area contributed by atoms with Crippen molar-refractivity contribution in [2.24, 2.45) is 5.41 Å². The summed E-state index contributed by atoms with van der Waals surface area (Å²) in [6.45, 7) is 0. The van der Waals surface area contributed by atoms with Gasteiger partial charge in [-0.3, -0.25) is 4.79 Å². The van der Waals surface area contributed by atoms with Crippen LogP contribution in [0.3, 0.4) is 0 Å². The Balaban J connectivity index is 2.83. The molecule has 1 saturated carbocycles. The predicted molar refractivity (Wildman–Crippen MR) is 51.0 cm³/mol. The molecule has 0 radical (unpaired) electrons. The lowest BCUT2D eigenvalue weighted by Gasteiger charge is -2.37. The second-order valence-electron chi connectivity index (χ2n) is 3.83. The number of methoxy groups -OCH3 is 2. The molecular formula is C10H18O4. The van der Waals surface area contributed by atoms with Gasteiger partial charge in [0.1, 0.15) is 5.41 Å². The first kappa shape index (κ1) is 11.5. The quantitative estimate of drug-likeness (QED) is 0.704. The molecule has 0 aromatic heterocycles. The van der Waals surface area contributed by atoms with Gasteiger partial charge in [-0.15, -0.1) is 0 Å². The van der Waals surface area contributed by atoms with Crippen LogP contribution in [0, 0.1) is 5.41 Å². The fourth-order valence-corrected chi connectivity index (χ4v) is 2.28. The number of ether oxygens (including phenoxy) is 2. The fraction of sp³-hybridized carbons (Fsp3) is 0.900. The van der Waals surface area contributed by atoms with Crippen LogP contribution in [0.25, 0.3) is 0 Å². The fourth-order valence-electron chi connectivity index (χ4n) is 2.28. The van der Waals surface area contributed by atoms with Crippen LogP contribution >= 0.6 is 0 Å². The second kappa shape index (κ2) is 4.75. The maximum absolute atomic E-state index is 11.3. The van der Waals surface area contributed by atoms with Crippen molar-refractivity contribution in [1.82, 2.24) is 0 Å². The molecule has 0 aromatic rings. The predicted octanol–water partition coefficient (Wildman–Crippen LogP) is 1.64. The average molecular weight is 202 g/mol. The first-order chi connectivity index (χ1) is 6.67. The molecule has 4 nitrogen and oxygen atoms in total. The first-order valence-corrected chi connectivity index (χ1v) is 4.96. The van der Waals surface area contributed by atoms with Crippen molar-refractivity contribution in [2.45, 2.75) is 38.4 Å². The van der Waals surface area contributed by atoms with E-state index in [1.165, 1.54) is 14.2 Å². The summed E-state index contributed by atoms with van der Waals surface area (Å²) in [5.74, 6) is -0.800. The lowest BCUT2D eigenvalue weighted by Crippen LogP contribution is -2.46. The molecule has 82 valence electrons. The van der Waals surface area contributed by atoms with Gasteiger partial charge in [-0.1, -0.05) is 19.3 Å². The zero-order chi connectivity index (χ0) is 10.6. The Labute approximate surface area is 84.2 Å². The number of aliphatic carboxylic acids is 1. The maximum atomic E-state index is 11.3. The summed E-state index contributed by atoms with van der Waals surface area (Å²) in [5.41, 5.74) is -0.832. The van der Waals surface area contributed by atoms with Gasteiger partial charge in [-0.25, -0.2) is 0 Å². The van der Waals surface area contributed by atoms with Crippen LogP contribution in [0.5, 0.6) is 0 Å². The zero-order valence-corrected chi connectivity index (χ0v) is 8.78. The molecule has 0 spiro atoms. The Kier molecular flexibility index (Phi) is 3.89. The average Bonchev–Trinajstić information content (AvgIpc) is 2.21. The molecule has 0 aliphatic heterocycles. The highest BCUT2D eigenvalue weighted by Crippen LogP contribution is 2.40. The summed E-state index contributed by atoms with van der Waals surface area (Å²) < 4.78 is 10.2. The van der Waals surface area contributed by atoms with Crippen molar-refractivity contribution in [1.29, 1.82) is 0 Å². The van der Waals surface area contributed by atoms with E-state index < -0.39 is 17.7 Å². The van der Waals surface area contributed by atoms with Gasteiger partial charge in [-0.05, 0) is 12.8 Å². The van der Waals surface area contributed by atoms with Gasteiger partial charge in [0.15, 0.2) is 6.29 Å². The first-order valence-electron chi connectivity index (χ1n) is 4.96. The summed E-state index contributed by atoms with van der Waals surface area (Å²) in [4.78, 5) is 11.3. The van der Waals surface area contributed by atoms with E-state index in [1.54, 1.807) is 0 Å². The summed E-state index contributed by atoms with van der Waals surface area (Å²) >= 11 is 0. The van der Waals surface area contributed by atoms with Gasteiger partial charge in [0.25, 0.3) is 0 Å². The third-order valence-electron chi connectivity index (χ3n) is 3.05. The Hall–Kier alpha value is -0.610. The standard InChI is InChI=1S/C10H18O4/c1-13-9(14-2)10(8(11)12)6-4-3-5-7-10/h9H,3-7H2,1-2H3,(H,11,12). The van der Waals surface area contributed by atoms with Crippen LogP contribution in [0.1, 0.15) is 32.1 Å². The van der Waals surface area contributed by atoms with Gasteiger partial charge < -0.3 is 14.6 Å². The summed E-state index contributed by atoms with van der Waals surface area (Å²) in [6.07, 6.45) is 3.66. The number of carbonyl (C=O) groups is 1. The molecule has 1 fully saturated rings. The molecule has 1 N–H and O–H groups in total. The summed E-state index contributed by atoms with van der Waals surface area (Å²) in [6, 6.07) is 0. The third kappa shape index (κ3) is 1.91. The van der Waals surface area contributed by atoms with Crippen LogP contribution in [-0.4, -0.2) is 31.6 Å². The minimum Gasteiger partial charge on any atom is -0.481 e. The molecule has 1 rings (SSSR count). The Morgan fingerprint density at radius 3 is 2.07 bits per heavy atom. The molecule has 1 aliphatic rings. The van der Waals surface area contributed by atoms with Crippen LogP contribution in [0.4, 0.5) is 0 Å². The Morgan fingerprint density at radius 2 is 1.71 bits per heavy atom. The van der Waals surface area contributed by atoms with E-state index in [2.05, 4.69) is 0 Å². The molecule has 0 heterocycles. The van der Waals surface area contributed by atoms with E-state index in [1.807, 2.05) is 0 Å². The molecule has 0 atom stereocenters. The van der Waals surface area contributed by atoms with Crippen molar-refractivity contribution in [3.8, 4) is 0 Å². The number of rotatable bonds is 4. The number of hydrogen-bond acceptors (Lipinski definition) is 3. The smallest absolute Gasteiger partial charge is 0.314 e. The van der Waals surface area contributed by atoms with Gasteiger partial charge in [0.05, 0.1) is 0 Å². The monoisotopic (exact) mass is 202 g/mol. The van der Waals surface area contributed by atoms with Gasteiger partial charge in [-0.2, -0.15) is 0 Å². The van der Waals surface area contributed by atoms with Gasteiger partial charge >= 0.3 is 5.97 Å². The van der Waals surface area contributed by atoms with Crippen molar-refractivity contribution in [3.63, 3.8) is 0 Å². The van der Waals surface area contributed by atoms with Gasteiger partial charge in [0, 0.05) is 14.2 Å². The van der Waals surface area contributed by atoms with Crippen LogP contribution < -0.4 is 0 Å². The Bertz CT molecular complexity index is 192. The molecule has 1 aliphatic carbocycles. The molecule has 0 bridgehead atoms. The van der Waals surface area contributed by atoms with E-state index in [0.717, 1.165) is 19.3 Å². The number of carboxylic acids is 1. The van der Waals surface area contributed by atoms with Crippen molar-refractivity contribution >= 4 is 5.97 Å². The van der Waals surface area contributed by atoms with E-state index in [-0.39, 0.29) is 0 Å². The molecular weight excluding hydrogens is 184 g/mol. The summed E-state index contributed by atoms with van der Waals surface area (Å²) in [5, 5.41) is 9.26. The minimum atomic E-state index is -0.832. The lowest BCUT2D eigenvalue weighted by atomic mass is 9.73. The molecule has 0 unspecified atom stereocenters. The maximum Gasteiger partial charge on any atom is 0.314 e. The second-order valence-corrected chi connectivity index (χ2v) is 3.83. The third-order valence-corrected chi connectivity index (χ3v) is 3.05. The largest absolute Gasteiger partial charge is 0.481 e. The summed E-state index contributed by atoms with van der Waals surface area (Å²) in [7, 11) is 2.99. The number of hydrogen-bond donors (Lipinski definition) is 1. The molecule has 4 heteroatoms. The highest BCUT2D eigenvalue weighted by Gasteiger charge is 2.47. The van der Waals surface area contributed by atoms with Crippen LogP contribution in [0.2, 0.25) is 0 Å². The van der Waals surface area contributed by atoms with Crippen molar-refractivity contribution < 1.29 is 19.4 Å². The Morgan fingerprint density at radius 1 is 1.21 bits per heavy atom. The molecule has 0 amide bonds. The normalized spacial score (nSPS) is 21.1. The highest BCUT2D eigenvalue weighted by atomic mass is 16.7. The molecule has 14 heavy (non-hydrogen) atoms. The van der Waals surface area contributed by atoms with E-state index in [0.29, 0.717) is 12.8 Å². The number of carboxylic acid groups (broad SMARTS) is 1. The van der Waals surface area contributed by atoms with Crippen LogP contribution in [-0.2, 0) is 14.3 Å². The highest BCUT2D eigenvalue weighted by molar-refractivity contribution is 5.75.